The summed E-state index contributed by atoms with van der Waals surface area (Å²) in [6, 6.07) is 12.0. The lowest BCUT2D eigenvalue weighted by Gasteiger charge is -2.14. The Morgan fingerprint density at radius 2 is 1.69 bits per heavy atom. The molecule has 0 aliphatic heterocycles. The standard InChI is InChI=1S/C19H21ClN4O2/c1-22(2)11-3-4-13-5-10-16-17(12-13)23(25)18(19(21)24(16)26)14-6-8-15(20)9-7-14/h5-10,12H,3-4,11,21H2,1-2H3. The molecule has 2 N–H and O–H groups in total. The summed E-state index contributed by atoms with van der Waals surface area (Å²) in [4.78, 5) is 2.11. The number of nitrogens with two attached hydrogens (primary N) is 1. The first-order chi connectivity index (χ1) is 12.4. The topological polar surface area (TPSA) is 83.1 Å². The van der Waals surface area contributed by atoms with Crippen LogP contribution in [-0.2, 0) is 6.42 Å². The van der Waals surface area contributed by atoms with Crippen LogP contribution in [0.5, 0.6) is 0 Å². The first-order valence-electron chi connectivity index (χ1n) is 8.36. The van der Waals surface area contributed by atoms with E-state index in [-0.39, 0.29) is 17.0 Å². The fourth-order valence-corrected chi connectivity index (χ4v) is 3.11. The van der Waals surface area contributed by atoms with Crippen molar-refractivity contribution in [3.63, 3.8) is 0 Å². The summed E-state index contributed by atoms with van der Waals surface area (Å²) >= 11 is 5.91. The van der Waals surface area contributed by atoms with Crippen LogP contribution >= 0.6 is 11.6 Å². The Morgan fingerprint density at radius 1 is 1.00 bits per heavy atom. The summed E-state index contributed by atoms with van der Waals surface area (Å²) in [6.07, 6.45) is 1.79. The van der Waals surface area contributed by atoms with Gasteiger partial charge in [0.2, 0.25) is 5.52 Å². The number of hydrogen-bond acceptors (Lipinski definition) is 4. The van der Waals surface area contributed by atoms with Crippen molar-refractivity contribution >= 4 is 28.5 Å². The molecule has 0 radical (unpaired) electrons. The molecule has 0 spiro atoms. The van der Waals surface area contributed by atoms with E-state index in [1.165, 1.54) is 0 Å². The van der Waals surface area contributed by atoms with Crippen molar-refractivity contribution in [1.29, 1.82) is 0 Å². The molecule has 0 fully saturated rings. The van der Waals surface area contributed by atoms with Crippen LogP contribution < -0.4 is 15.2 Å². The van der Waals surface area contributed by atoms with Gasteiger partial charge in [-0.2, -0.15) is 4.73 Å². The molecular weight excluding hydrogens is 352 g/mol. The SMILES string of the molecule is CN(C)CCCc1ccc2c(c1)[n+]([O-])c(-c1ccc(Cl)cc1)c(N)[n+]2[O-]. The lowest BCUT2D eigenvalue weighted by molar-refractivity contribution is -0.609. The summed E-state index contributed by atoms with van der Waals surface area (Å²) in [5, 5.41) is 26.1. The zero-order valence-electron chi connectivity index (χ0n) is 14.8. The van der Waals surface area contributed by atoms with Crippen molar-refractivity contribution in [2.24, 2.45) is 0 Å². The predicted molar refractivity (Wildman–Crippen MR) is 104 cm³/mol. The number of halogens is 1. The Kier molecular flexibility index (Phi) is 5.15. The molecule has 1 aromatic heterocycles. The van der Waals surface area contributed by atoms with Gasteiger partial charge in [-0.3, -0.25) is 5.73 Å². The Balaban J connectivity index is 2.10. The van der Waals surface area contributed by atoms with Crippen molar-refractivity contribution in [2.75, 3.05) is 26.4 Å². The molecule has 0 aliphatic carbocycles. The number of hydrogen-bond donors (Lipinski definition) is 1. The minimum Gasteiger partial charge on any atom is -0.710 e. The molecule has 0 unspecified atom stereocenters. The summed E-state index contributed by atoms with van der Waals surface area (Å²) < 4.78 is 1.34. The van der Waals surface area contributed by atoms with Gasteiger partial charge in [0.05, 0.1) is 5.56 Å². The van der Waals surface area contributed by atoms with Crippen LogP contribution in [0, 0.1) is 10.4 Å². The zero-order valence-corrected chi connectivity index (χ0v) is 15.5. The van der Waals surface area contributed by atoms with Gasteiger partial charge in [0.25, 0.3) is 5.52 Å². The molecule has 0 saturated heterocycles. The highest BCUT2D eigenvalue weighted by molar-refractivity contribution is 6.30. The van der Waals surface area contributed by atoms with Gasteiger partial charge in [-0.25, -0.2) is 4.73 Å². The number of nitrogen functional groups attached to an aromatic ring is 1. The third kappa shape index (κ3) is 3.52. The number of fused-ring (bicyclic) bond motifs is 1. The quantitative estimate of drug-likeness (QED) is 0.551. The van der Waals surface area contributed by atoms with E-state index in [1.54, 1.807) is 36.4 Å². The first-order valence-corrected chi connectivity index (χ1v) is 8.74. The molecule has 0 atom stereocenters. The number of benzene rings is 2. The lowest BCUT2D eigenvalue weighted by Crippen LogP contribution is -2.43. The van der Waals surface area contributed by atoms with Gasteiger partial charge < -0.3 is 15.3 Å². The normalized spacial score (nSPS) is 11.4. The molecule has 3 rings (SSSR count). The van der Waals surface area contributed by atoms with E-state index in [0.29, 0.717) is 20.8 Å². The van der Waals surface area contributed by atoms with Gasteiger partial charge in [0, 0.05) is 11.1 Å². The maximum absolute atomic E-state index is 13.0. The fourth-order valence-electron chi connectivity index (χ4n) is 2.98. The van der Waals surface area contributed by atoms with Crippen LogP contribution in [0.25, 0.3) is 22.3 Å². The Labute approximate surface area is 157 Å². The Hall–Kier alpha value is -2.57. The molecule has 2 aromatic carbocycles. The maximum atomic E-state index is 13.0. The second-order valence-electron chi connectivity index (χ2n) is 6.56. The maximum Gasteiger partial charge on any atom is 0.351 e. The summed E-state index contributed by atoms with van der Waals surface area (Å²) in [5.74, 6) is -0.129. The number of aromatic nitrogens is 2. The van der Waals surface area contributed by atoms with Crippen LogP contribution in [0.2, 0.25) is 5.02 Å². The molecule has 1 heterocycles. The zero-order chi connectivity index (χ0) is 18.8. The monoisotopic (exact) mass is 372 g/mol. The van der Waals surface area contributed by atoms with Crippen LogP contribution in [0.3, 0.4) is 0 Å². The van der Waals surface area contributed by atoms with Crippen molar-refractivity contribution in [1.82, 2.24) is 4.90 Å². The molecule has 26 heavy (non-hydrogen) atoms. The second kappa shape index (κ2) is 7.35. The largest absolute Gasteiger partial charge is 0.710 e. The summed E-state index contributed by atoms with van der Waals surface area (Å²) in [7, 11) is 4.04. The molecule has 0 amide bonds. The van der Waals surface area contributed by atoms with E-state index in [1.807, 2.05) is 20.2 Å². The Morgan fingerprint density at radius 3 is 2.35 bits per heavy atom. The number of anilines is 1. The second-order valence-corrected chi connectivity index (χ2v) is 7.00. The molecule has 0 bridgehead atoms. The predicted octanol–water partition coefficient (Wildman–Crippen LogP) is 2.50. The molecule has 7 heteroatoms. The number of rotatable bonds is 5. The molecule has 0 aliphatic rings. The highest BCUT2D eigenvalue weighted by atomic mass is 35.5. The number of aryl methyl sites for hydroxylation is 1. The van der Waals surface area contributed by atoms with E-state index < -0.39 is 0 Å². The van der Waals surface area contributed by atoms with Gasteiger partial charge in [0.1, 0.15) is 0 Å². The molecule has 0 saturated carbocycles. The molecule has 6 nitrogen and oxygen atoms in total. The minimum atomic E-state index is -0.129. The highest BCUT2D eigenvalue weighted by Crippen LogP contribution is 2.24. The van der Waals surface area contributed by atoms with Crippen LogP contribution in [0.15, 0.2) is 42.5 Å². The summed E-state index contributed by atoms with van der Waals surface area (Å²) in [6.45, 7) is 0.953. The lowest BCUT2D eigenvalue weighted by atomic mass is 10.1. The molecule has 3 aromatic rings. The molecular formula is C19H21ClN4O2. The average Bonchev–Trinajstić information content (AvgIpc) is 2.61. The van der Waals surface area contributed by atoms with E-state index >= 15 is 0 Å². The van der Waals surface area contributed by atoms with Crippen molar-refractivity contribution in [2.45, 2.75) is 12.8 Å². The number of nitrogens with zero attached hydrogens (tertiary/aromatic N) is 3. The average molecular weight is 373 g/mol. The first kappa shape index (κ1) is 18.2. The third-order valence-corrected chi connectivity index (χ3v) is 4.58. The molecule has 136 valence electrons. The van der Waals surface area contributed by atoms with Crippen molar-refractivity contribution in [3.8, 4) is 11.3 Å². The van der Waals surface area contributed by atoms with Crippen LogP contribution in [0.1, 0.15) is 12.0 Å². The minimum absolute atomic E-state index is 0.129. The van der Waals surface area contributed by atoms with Crippen molar-refractivity contribution < 1.29 is 9.46 Å². The van der Waals surface area contributed by atoms with Gasteiger partial charge in [0.15, 0.2) is 0 Å². The van der Waals surface area contributed by atoms with E-state index in [2.05, 4.69) is 4.90 Å². The van der Waals surface area contributed by atoms with Crippen molar-refractivity contribution in [3.05, 3.63) is 63.5 Å². The van der Waals surface area contributed by atoms with Crippen LogP contribution in [0.4, 0.5) is 5.82 Å². The van der Waals surface area contributed by atoms with Gasteiger partial charge in [-0.1, -0.05) is 17.7 Å². The smallest absolute Gasteiger partial charge is 0.351 e. The fraction of sp³-hybridized carbons (Fsp3) is 0.263. The van der Waals surface area contributed by atoms with E-state index in [4.69, 9.17) is 17.3 Å². The third-order valence-electron chi connectivity index (χ3n) is 4.33. The Bertz CT molecular complexity index is 943. The van der Waals surface area contributed by atoms with E-state index in [9.17, 15) is 10.4 Å². The van der Waals surface area contributed by atoms with Gasteiger partial charge in [-0.05, 0) is 69.4 Å². The van der Waals surface area contributed by atoms with Gasteiger partial charge >= 0.3 is 11.5 Å². The summed E-state index contributed by atoms with van der Waals surface area (Å²) in [5.41, 5.74) is 8.22. The van der Waals surface area contributed by atoms with Crippen LogP contribution in [-0.4, -0.2) is 25.5 Å². The van der Waals surface area contributed by atoms with E-state index in [0.717, 1.165) is 29.7 Å². The highest BCUT2D eigenvalue weighted by Gasteiger charge is 2.25. The van der Waals surface area contributed by atoms with Gasteiger partial charge in [-0.15, -0.1) is 0 Å².